The molecule has 5 nitrogen and oxygen atoms in total. The highest BCUT2D eigenvalue weighted by atomic mass is 32.2. The van der Waals surface area contributed by atoms with Gasteiger partial charge in [0, 0.05) is 33.3 Å². The van der Waals surface area contributed by atoms with Crippen LogP contribution in [0.4, 0.5) is 5.69 Å². The highest BCUT2D eigenvalue weighted by molar-refractivity contribution is 7.89. The summed E-state index contributed by atoms with van der Waals surface area (Å²) in [6, 6.07) is 14.5. The number of rotatable bonds is 2. The first-order valence-electron chi connectivity index (χ1n) is 7.03. The van der Waals surface area contributed by atoms with Gasteiger partial charge in [-0.2, -0.15) is 4.31 Å². The predicted molar refractivity (Wildman–Crippen MR) is 86.0 cm³/mol. The molecular weight excluding hydrogens is 300 g/mol. The third kappa shape index (κ3) is 2.67. The van der Waals surface area contributed by atoms with Crippen molar-refractivity contribution in [2.24, 2.45) is 0 Å². The Morgan fingerprint density at radius 1 is 0.955 bits per heavy atom. The van der Waals surface area contributed by atoms with Crippen LogP contribution in [0.3, 0.4) is 0 Å². The van der Waals surface area contributed by atoms with Crippen LogP contribution >= 0.6 is 0 Å². The molecule has 2 aromatic rings. The van der Waals surface area contributed by atoms with Gasteiger partial charge in [-0.05, 0) is 24.3 Å². The van der Waals surface area contributed by atoms with Crippen LogP contribution in [0.1, 0.15) is 0 Å². The minimum absolute atomic E-state index is 0.281. The Labute approximate surface area is 130 Å². The van der Waals surface area contributed by atoms with E-state index in [0.717, 1.165) is 0 Å². The van der Waals surface area contributed by atoms with E-state index in [4.69, 9.17) is 4.74 Å². The third-order valence-corrected chi connectivity index (χ3v) is 5.65. The highest BCUT2D eigenvalue weighted by Gasteiger charge is 2.29. The van der Waals surface area contributed by atoms with Crippen LogP contribution in [-0.2, 0) is 10.0 Å². The van der Waals surface area contributed by atoms with Crippen LogP contribution < -0.4 is 9.64 Å². The maximum absolute atomic E-state index is 12.6. The van der Waals surface area contributed by atoms with Gasteiger partial charge in [-0.25, -0.2) is 8.42 Å². The number of fused-ring (bicyclic) bond motifs is 1. The SMILES string of the molecule is CN1CCN(C)S(=O)(=O)c2cc(Oc3ccccc3)ccc21. The average Bonchev–Trinajstić information content (AvgIpc) is 2.60. The molecule has 0 saturated carbocycles. The molecule has 0 N–H and O–H groups in total. The van der Waals surface area contributed by atoms with Gasteiger partial charge in [-0.3, -0.25) is 0 Å². The standard InChI is InChI=1S/C16H18N2O3S/c1-17-10-11-18(2)22(19,20)16-12-14(8-9-15(16)17)21-13-6-4-3-5-7-13/h3-9,12H,10-11H2,1-2H3. The molecule has 2 aromatic carbocycles. The number of ether oxygens (including phenoxy) is 1. The van der Waals surface area contributed by atoms with Crippen molar-refractivity contribution in [3.8, 4) is 11.5 Å². The first-order valence-corrected chi connectivity index (χ1v) is 8.47. The Morgan fingerprint density at radius 3 is 2.41 bits per heavy atom. The minimum Gasteiger partial charge on any atom is -0.457 e. The maximum Gasteiger partial charge on any atom is 0.245 e. The Morgan fingerprint density at radius 2 is 1.68 bits per heavy atom. The quantitative estimate of drug-likeness (QED) is 0.854. The molecule has 0 saturated heterocycles. The topological polar surface area (TPSA) is 49.9 Å². The molecule has 1 aliphatic heterocycles. The second-order valence-corrected chi connectivity index (χ2v) is 7.31. The van der Waals surface area contributed by atoms with Crippen LogP contribution in [-0.4, -0.2) is 39.9 Å². The lowest BCUT2D eigenvalue weighted by Crippen LogP contribution is -2.30. The summed E-state index contributed by atoms with van der Waals surface area (Å²) in [5.74, 6) is 1.19. The van der Waals surface area contributed by atoms with Crippen molar-refractivity contribution in [2.75, 3.05) is 32.1 Å². The Balaban J connectivity index is 2.04. The summed E-state index contributed by atoms with van der Waals surface area (Å²) in [5, 5.41) is 0. The zero-order chi connectivity index (χ0) is 15.7. The first-order chi connectivity index (χ1) is 10.5. The normalized spacial score (nSPS) is 17.6. The molecule has 0 spiro atoms. The molecule has 0 amide bonds. The Hall–Kier alpha value is -2.05. The van der Waals surface area contributed by atoms with Crippen molar-refractivity contribution in [1.29, 1.82) is 0 Å². The molecule has 3 rings (SSSR count). The van der Waals surface area contributed by atoms with Crippen molar-refractivity contribution >= 4 is 15.7 Å². The molecule has 6 heteroatoms. The molecule has 0 bridgehead atoms. The Bertz CT molecular complexity index is 775. The summed E-state index contributed by atoms with van der Waals surface area (Å²) in [5.41, 5.74) is 0.699. The number of nitrogens with zero attached hydrogens (tertiary/aromatic N) is 2. The van der Waals surface area contributed by atoms with E-state index in [9.17, 15) is 8.42 Å². The lowest BCUT2D eigenvalue weighted by atomic mass is 10.2. The van der Waals surface area contributed by atoms with Crippen LogP contribution in [0.15, 0.2) is 53.4 Å². The summed E-state index contributed by atoms with van der Waals surface area (Å²) in [6.45, 7) is 1.12. The molecule has 0 fully saturated rings. The minimum atomic E-state index is -3.49. The molecule has 0 aromatic heterocycles. The van der Waals surface area contributed by atoms with Crippen LogP contribution in [0.2, 0.25) is 0 Å². The van der Waals surface area contributed by atoms with Gasteiger partial charge < -0.3 is 9.64 Å². The van der Waals surface area contributed by atoms with Gasteiger partial charge in [0.15, 0.2) is 0 Å². The second kappa shape index (κ2) is 5.62. The van der Waals surface area contributed by atoms with E-state index in [0.29, 0.717) is 30.3 Å². The first kappa shape index (κ1) is 14.9. The molecule has 1 heterocycles. The summed E-state index contributed by atoms with van der Waals surface area (Å²) in [7, 11) is 0.00103. The third-order valence-electron chi connectivity index (χ3n) is 3.76. The number of anilines is 1. The zero-order valence-electron chi connectivity index (χ0n) is 12.6. The smallest absolute Gasteiger partial charge is 0.245 e. The van der Waals surface area contributed by atoms with E-state index in [1.807, 2.05) is 42.3 Å². The molecular formula is C16H18N2O3S. The van der Waals surface area contributed by atoms with Crippen molar-refractivity contribution in [3.05, 3.63) is 48.5 Å². The molecule has 0 atom stereocenters. The van der Waals surface area contributed by atoms with Crippen LogP contribution in [0.5, 0.6) is 11.5 Å². The van der Waals surface area contributed by atoms with Gasteiger partial charge in [0.25, 0.3) is 0 Å². The molecule has 0 radical (unpaired) electrons. The van der Waals surface area contributed by atoms with E-state index >= 15 is 0 Å². The summed E-state index contributed by atoms with van der Waals surface area (Å²) < 4.78 is 32.4. The molecule has 0 aliphatic carbocycles. The summed E-state index contributed by atoms with van der Waals surface area (Å²) in [6.07, 6.45) is 0. The number of para-hydroxylation sites is 1. The zero-order valence-corrected chi connectivity index (χ0v) is 13.4. The monoisotopic (exact) mass is 318 g/mol. The fraction of sp³-hybridized carbons (Fsp3) is 0.250. The average molecular weight is 318 g/mol. The predicted octanol–water partition coefficient (Wildman–Crippen LogP) is 2.55. The van der Waals surface area contributed by atoms with E-state index in [-0.39, 0.29) is 4.90 Å². The van der Waals surface area contributed by atoms with Crippen molar-refractivity contribution in [1.82, 2.24) is 4.31 Å². The summed E-state index contributed by atoms with van der Waals surface area (Å²) >= 11 is 0. The highest BCUT2D eigenvalue weighted by Crippen LogP contribution is 2.34. The van der Waals surface area contributed by atoms with Gasteiger partial charge in [0.1, 0.15) is 16.4 Å². The largest absolute Gasteiger partial charge is 0.457 e. The molecule has 116 valence electrons. The van der Waals surface area contributed by atoms with Crippen molar-refractivity contribution < 1.29 is 13.2 Å². The van der Waals surface area contributed by atoms with Crippen LogP contribution in [0.25, 0.3) is 0 Å². The van der Waals surface area contributed by atoms with Crippen molar-refractivity contribution in [3.63, 3.8) is 0 Å². The molecule has 0 unspecified atom stereocenters. The Kier molecular flexibility index (Phi) is 3.80. The fourth-order valence-electron chi connectivity index (χ4n) is 2.40. The number of likely N-dealkylation sites (N-methyl/N-ethyl adjacent to an activating group) is 2. The van der Waals surface area contributed by atoms with Gasteiger partial charge in [-0.15, -0.1) is 0 Å². The van der Waals surface area contributed by atoms with Gasteiger partial charge in [-0.1, -0.05) is 18.2 Å². The molecule has 1 aliphatic rings. The van der Waals surface area contributed by atoms with E-state index in [2.05, 4.69) is 0 Å². The van der Waals surface area contributed by atoms with Gasteiger partial charge in [0.05, 0.1) is 5.69 Å². The summed E-state index contributed by atoms with van der Waals surface area (Å²) in [4.78, 5) is 2.23. The van der Waals surface area contributed by atoms with Gasteiger partial charge >= 0.3 is 0 Å². The lowest BCUT2D eigenvalue weighted by Gasteiger charge is -2.18. The maximum atomic E-state index is 12.6. The molecule has 22 heavy (non-hydrogen) atoms. The number of sulfonamides is 1. The van der Waals surface area contributed by atoms with E-state index in [1.165, 1.54) is 4.31 Å². The van der Waals surface area contributed by atoms with Crippen LogP contribution in [0, 0.1) is 0 Å². The fourth-order valence-corrected chi connectivity index (χ4v) is 3.81. The number of hydrogen-bond donors (Lipinski definition) is 0. The number of hydrogen-bond acceptors (Lipinski definition) is 4. The lowest BCUT2D eigenvalue weighted by molar-refractivity contribution is 0.474. The van der Waals surface area contributed by atoms with Gasteiger partial charge in [0.2, 0.25) is 10.0 Å². The second-order valence-electron chi connectivity index (χ2n) is 5.29. The van der Waals surface area contributed by atoms with Crippen molar-refractivity contribution in [2.45, 2.75) is 4.90 Å². The van der Waals surface area contributed by atoms with E-state index < -0.39 is 10.0 Å². The van der Waals surface area contributed by atoms with E-state index in [1.54, 1.807) is 25.2 Å². The number of benzene rings is 2.